The highest BCUT2D eigenvalue weighted by Crippen LogP contribution is 2.34. The summed E-state index contributed by atoms with van der Waals surface area (Å²) in [6, 6.07) is 6.22. The summed E-state index contributed by atoms with van der Waals surface area (Å²) in [6.45, 7) is 5.50. The first-order chi connectivity index (χ1) is 11.5. The van der Waals surface area contributed by atoms with E-state index < -0.39 is 17.0 Å². The third-order valence-corrected chi connectivity index (χ3v) is 3.56. The second-order valence-corrected chi connectivity index (χ2v) is 5.13. The number of non-ortho nitro benzene ring substituents is 1. The number of nitrogens with one attached hydrogen (secondary N) is 1. The second kappa shape index (κ2) is 7.58. The van der Waals surface area contributed by atoms with Crippen molar-refractivity contribution in [3.05, 3.63) is 51.4 Å². The Hall–Kier alpha value is -2.90. The van der Waals surface area contributed by atoms with Crippen LogP contribution in [-0.2, 0) is 9.47 Å². The Bertz CT molecular complexity index is 711. The van der Waals surface area contributed by atoms with Gasteiger partial charge >= 0.3 is 6.16 Å². The van der Waals surface area contributed by atoms with Gasteiger partial charge in [0, 0.05) is 12.1 Å². The zero-order valence-corrected chi connectivity index (χ0v) is 13.7. The van der Waals surface area contributed by atoms with Gasteiger partial charge in [0.15, 0.2) is 0 Å². The third-order valence-electron chi connectivity index (χ3n) is 3.56. The Kier molecular flexibility index (Phi) is 5.51. The maximum Gasteiger partial charge on any atom is 0.513 e. The molecule has 1 aliphatic rings. The molecule has 1 N–H and O–H groups in total. The van der Waals surface area contributed by atoms with E-state index in [2.05, 4.69) is 10.5 Å². The highest BCUT2D eigenvalue weighted by atomic mass is 16.7. The highest BCUT2D eigenvalue weighted by Gasteiger charge is 2.31. The number of hydrogen-bond acceptors (Lipinski definition) is 7. The number of rotatable bonds is 5. The van der Waals surface area contributed by atoms with Gasteiger partial charge in [0.2, 0.25) is 0 Å². The zero-order valence-electron chi connectivity index (χ0n) is 13.7. The van der Waals surface area contributed by atoms with Crippen LogP contribution in [0.25, 0.3) is 0 Å². The molecule has 8 nitrogen and oxygen atoms in total. The van der Waals surface area contributed by atoms with Crippen LogP contribution >= 0.6 is 0 Å². The van der Waals surface area contributed by atoms with Crippen LogP contribution in [0.2, 0.25) is 0 Å². The lowest BCUT2D eigenvalue weighted by Crippen LogP contribution is -2.28. The molecule has 1 aliphatic heterocycles. The molecule has 0 amide bonds. The molecule has 0 aromatic heterocycles. The first-order valence-electron chi connectivity index (χ1n) is 7.60. The molecule has 1 aromatic carbocycles. The second-order valence-electron chi connectivity index (χ2n) is 5.13. The number of carbonyl (C=O) groups is 1. The molecule has 1 aromatic rings. The summed E-state index contributed by atoms with van der Waals surface area (Å²) in [5.41, 5.74) is 4.68. The molecule has 1 heterocycles. The van der Waals surface area contributed by atoms with E-state index in [0.717, 1.165) is 0 Å². The van der Waals surface area contributed by atoms with Gasteiger partial charge in [-0.25, -0.2) is 4.79 Å². The Morgan fingerprint density at radius 3 is 2.79 bits per heavy atom. The first-order valence-corrected chi connectivity index (χ1v) is 7.60. The van der Waals surface area contributed by atoms with E-state index in [0.29, 0.717) is 29.2 Å². The molecule has 0 radical (unpaired) electrons. The number of allylic oxidation sites excluding steroid dienone is 2. The van der Waals surface area contributed by atoms with Gasteiger partial charge in [0.25, 0.3) is 5.69 Å². The number of carbonyl (C=O) groups excluding carboxylic acids is 1. The van der Waals surface area contributed by atoms with E-state index in [9.17, 15) is 14.9 Å². The van der Waals surface area contributed by atoms with Crippen LogP contribution in [0.3, 0.4) is 0 Å². The Labute approximate surface area is 139 Å². The smallest absolute Gasteiger partial charge is 0.434 e. The van der Waals surface area contributed by atoms with Gasteiger partial charge < -0.3 is 9.47 Å². The third kappa shape index (κ3) is 3.70. The highest BCUT2D eigenvalue weighted by molar-refractivity contribution is 5.94. The molecule has 8 heteroatoms. The molecule has 0 saturated carbocycles. The number of hydrogen-bond donors (Lipinski definition) is 1. The van der Waals surface area contributed by atoms with Crippen molar-refractivity contribution in [1.82, 2.24) is 5.43 Å². The largest absolute Gasteiger partial charge is 0.513 e. The number of hydrazone groups is 1. The van der Waals surface area contributed by atoms with E-state index >= 15 is 0 Å². The fourth-order valence-electron chi connectivity index (χ4n) is 2.46. The minimum atomic E-state index is -0.818. The molecule has 0 saturated heterocycles. The molecule has 0 bridgehead atoms. The van der Waals surface area contributed by atoms with Crippen LogP contribution in [0.4, 0.5) is 10.5 Å². The summed E-state index contributed by atoms with van der Waals surface area (Å²) < 4.78 is 10.2. The van der Waals surface area contributed by atoms with E-state index in [-0.39, 0.29) is 12.3 Å². The van der Waals surface area contributed by atoms with Gasteiger partial charge in [-0.2, -0.15) is 5.10 Å². The van der Waals surface area contributed by atoms with Crippen molar-refractivity contribution in [2.75, 3.05) is 6.61 Å². The van der Waals surface area contributed by atoms with Crippen LogP contribution < -0.4 is 5.43 Å². The Balaban J connectivity index is 2.45. The SMILES string of the molecule is CCOC(=O)OC1=C(C)NN=C(CC)C1c1cccc([N+](=O)[O-])c1. The average Bonchev–Trinajstić information content (AvgIpc) is 2.56. The number of nitro benzene ring substituents is 1. The van der Waals surface area contributed by atoms with Crippen molar-refractivity contribution in [3.63, 3.8) is 0 Å². The van der Waals surface area contributed by atoms with Crippen molar-refractivity contribution in [2.45, 2.75) is 33.1 Å². The minimum absolute atomic E-state index is 0.0328. The van der Waals surface area contributed by atoms with Crippen LogP contribution in [0.15, 0.2) is 40.8 Å². The molecular weight excluding hydrogens is 314 g/mol. The lowest BCUT2D eigenvalue weighted by atomic mass is 9.88. The predicted molar refractivity (Wildman–Crippen MR) is 87.5 cm³/mol. The van der Waals surface area contributed by atoms with Gasteiger partial charge in [0.05, 0.1) is 28.9 Å². The average molecular weight is 333 g/mol. The van der Waals surface area contributed by atoms with Crippen LogP contribution in [0, 0.1) is 10.1 Å². The first kappa shape index (κ1) is 17.5. The summed E-state index contributed by atoms with van der Waals surface area (Å²) in [7, 11) is 0. The standard InChI is InChI=1S/C16H19N3O5/c1-4-13-14(11-7-6-8-12(9-11)19(21)22)15(10(3)17-18-13)24-16(20)23-5-2/h6-9,14,17H,4-5H2,1-3H3. The van der Waals surface area contributed by atoms with Crippen molar-refractivity contribution < 1.29 is 19.2 Å². The molecule has 0 spiro atoms. The quantitative estimate of drug-likeness (QED) is 0.503. The topological polar surface area (TPSA) is 103 Å². The molecule has 24 heavy (non-hydrogen) atoms. The van der Waals surface area contributed by atoms with Crippen molar-refractivity contribution in [1.29, 1.82) is 0 Å². The number of benzene rings is 1. The van der Waals surface area contributed by atoms with Crippen LogP contribution in [-0.4, -0.2) is 23.4 Å². The van der Waals surface area contributed by atoms with Crippen molar-refractivity contribution >= 4 is 17.6 Å². The van der Waals surface area contributed by atoms with Crippen molar-refractivity contribution in [3.8, 4) is 0 Å². The van der Waals surface area contributed by atoms with E-state index in [4.69, 9.17) is 9.47 Å². The van der Waals surface area contributed by atoms with Gasteiger partial charge in [-0.3, -0.25) is 15.5 Å². The van der Waals surface area contributed by atoms with Gasteiger partial charge in [-0.15, -0.1) is 0 Å². The fourth-order valence-corrected chi connectivity index (χ4v) is 2.46. The summed E-state index contributed by atoms with van der Waals surface area (Å²) in [5.74, 6) is -0.152. The zero-order chi connectivity index (χ0) is 17.7. The molecular formula is C16H19N3O5. The summed E-state index contributed by atoms with van der Waals surface area (Å²) >= 11 is 0. The maximum atomic E-state index is 11.7. The minimum Gasteiger partial charge on any atom is -0.434 e. The summed E-state index contributed by atoms with van der Waals surface area (Å²) in [5, 5.41) is 15.3. The predicted octanol–water partition coefficient (Wildman–Crippen LogP) is 3.45. The lowest BCUT2D eigenvalue weighted by Gasteiger charge is -2.27. The number of ether oxygens (including phenoxy) is 2. The summed E-state index contributed by atoms with van der Waals surface area (Å²) in [6.07, 6.45) is -0.231. The molecule has 1 unspecified atom stereocenters. The fraction of sp³-hybridized carbons (Fsp3) is 0.375. The molecule has 0 aliphatic carbocycles. The van der Waals surface area contributed by atoms with Crippen LogP contribution in [0.1, 0.15) is 38.7 Å². The monoisotopic (exact) mass is 333 g/mol. The van der Waals surface area contributed by atoms with E-state index in [1.165, 1.54) is 12.1 Å². The maximum absolute atomic E-state index is 11.7. The Morgan fingerprint density at radius 2 is 2.17 bits per heavy atom. The number of nitro groups is 1. The van der Waals surface area contributed by atoms with E-state index in [1.807, 2.05) is 6.92 Å². The van der Waals surface area contributed by atoms with Gasteiger partial charge in [0.1, 0.15) is 5.76 Å². The lowest BCUT2D eigenvalue weighted by molar-refractivity contribution is -0.384. The normalized spacial score (nSPS) is 17.0. The summed E-state index contributed by atoms with van der Waals surface area (Å²) in [4.78, 5) is 22.3. The number of nitrogens with zero attached hydrogens (tertiary/aromatic N) is 2. The molecule has 0 fully saturated rings. The van der Waals surface area contributed by atoms with Gasteiger partial charge in [-0.1, -0.05) is 19.1 Å². The Morgan fingerprint density at radius 1 is 1.42 bits per heavy atom. The molecule has 1 atom stereocenters. The van der Waals surface area contributed by atoms with Crippen molar-refractivity contribution in [2.24, 2.45) is 5.10 Å². The van der Waals surface area contributed by atoms with E-state index in [1.54, 1.807) is 26.0 Å². The van der Waals surface area contributed by atoms with Gasteiger partial charge in [-0.05, 0) is 25.8 Å². The molecule has 128 valence electrons. The van der Waals surface area contributed by atoms with Crippen LogP contribution in [0.5, 0.6) is 0 Å². The molecule has 2 rings (SSSR count).